The molecule has 0 aromatic heterocycles. The number of aromatic hydroxyl groups is 1. The fourth-order valence-electron chi connectivity index (χ4n) is 2.96. The summed E-state index contributed by atoms with van der Waals surface area (Å²) in [6.45, 7) is 2.58. The van der Waals surface area contributed by atoms with Gasteiger partial charge in [-0.3, -0.25) is 4.79 Å². The molecule has 0 saturated carbocycles. The summed E-state index contributed by atoms with van der Waals surface area (Å²) < 4.78 is 0. The zero-order valence-electron chi connectivity index (χ0n) is 14.9. The summed E-state index contributed by atoms with van der Waals surface area (Å²) in [7, 11) is 0. The molecular weight excluding hydrogens is 364 g/mol. The van der Waals surface area contributed by atoms with E-state index in [4.69, 9.17) is 17.3 Å². The van der Waals surface area contributed by atoms with Crippen LogP contribution in [0.3, 0.4) is 0 Å². The molecule has 1 aliphatic heterocycles. The summed E-state index contributed by atoms with van der Waals surface area (Å²) in [5.41, 5.74) is 9.15. The third-order valence-electron chi connectivity index (χ3n) is 4.44. The first kappa shape index (κ1) is 18.8. The highest BCUT2D eigenvalue weighted by atomic mass is 35.5. The van der Waals surface area contributed by atoms with Crippen molar-refractivity contribution in [2.75, 3.05) is 6.54 Å². The first-order valence-electron chi connectivity index (χ1n) is 8.56. The number of phenols is 1. The van der Waals surface area contributed by atoms with Crippen LogP contribution in [0.5, 0.6) is 5.75 Å². The average molecular weight is 385 g/mol. The van der Waals surface area contributed by atoms with Gasteiger partial charge in [0.2, 0.25) is 0 Å². The molecule has 0 aliphatic carbocycles. The number of hydrogen-bond donors (Lipinski definition) is 4. The predicted octanol–water partition coefficient (Wildman–Crippen LogP) is 2.80. The normalized spacial score (nSPS) is 16.1. The van der Waals surface area contributed by atoms with Gasteiger partial charge in [0.1, 0.15) is 17.6 Å². The number of guanidine groups is 1. The Hall–Kier alpha value is -2.99. The van der Waals surface area contributed by atoms with Gasteiger partial charge in [-0.2, -0.15) is 0 Å². The van der Waals surface area contributed by atoms with Crippen LogP contribution in [0.4, 0.5) is 0 Å². The van der Waals surface area contributed by atoms with Gasteiger partial charge in [-0.1, -0.05) is 29.8 Å². The van der Waals surface area contributed by atoms with Gasteiger partial charge in [-0.15, -0.1) is 0 Å². The molecule has 1 heterocycles. The predicted molar refractivity (Wildman–Crippen MR) is 107 cm³/mol. The number of rotatable bonds is 6. The summed E-state index contributed by atoms with van der Waals surface area (Å²) >= 11 is 6.22. The van der Waals surface area contributed by atoms with Crippen LogP contribution in [0, 0.1) is 6.92 Å². The van der Waals surface area contributed by atoms with Crippen molar-refractivity contribution < 1.29 is 9.90 Å². The number of nitrogens with two attached hydrogens (primary N) is 1. The van der Waals surface area contributed by atoms with Crippen molar-refractivity contribution in [2.24, 2.45) is 10.7 Å². The number of benzene rings is 2. The fraction of sp³-hybridized carbons (Fsp3) is 0.200. The molecule has 0 saturated heterocycles. The van der Waals surface area contributed by atoms with Crippen LogP contribution in [-0.4, -0.2) is 23.9 Å². The molecule has 0 bridgehead atoms. The van der Waals surface area contributed by atoms with E-state index in [-0.39, 0.29) is 17.4 Å². The highest BCUT2D eigenvalue weighted by Crippen LogP contribution is 2.29. The Labute approximate surface area is 162 Å². The van der Waals surface area contributed by atoms with E-state index in [1.807, 2.05) is 31.2 Å². The van der Waals surface area contributed by atoms with Gasteiger partial charge in [0, 0.05) is 11.6 Å². The van der Waals surface area contributed by atoms with Gasteiger partial charge < -0.3 is 21.5 Å². The van der Waals surface area contributed by atoms with Crippen molar-refractivity contribution in [1.82, 2.24) is 10.6 Å². The van der Waals surface area contributed by atoms with Gasteiger partial charge in [-0.25, -0.2) is 4.99 Å². The lowest BCUT2D eigenvalue weighted by Gasteiger charge is -2.22. The number of nitrogens with one attached hydrogen (secondary N) is 2. The Morgan fingerprint density at radius 3 is 2.96 bits per heavy atom. The van der Waals surface area contributed by atoms with Crippen molar-refractivity contribution in [3.63, 3.8) is 0 Å². The molecule has 1 aliphatic rings. The Morgan fingerprint density at radius 1 is 1.37 bits per heavy atom. The summed E-state index contributed by atoms with van der Waals surface area (Å²) in [6.07, 6.45) is 3.29. The van der Waals surface area contributed by atoms with Crippen LogP contribution in [0.25, 0.3) is 0 Å². The number of carbonyl (C=O) groups is 1. The van der Waals surface area contributed by atoms with Crippen molar-refractivity contribution in [3.05, 3.63) is 75.6 Å². The lowest BCUT2D eigenvalue weighted by Crippen LogP contribution is -2.40. The van der Waals surface area contributed by atoms with Crippen molar-refractivity contribution in [1.29, 1.82) is 0 Å². The van der Waals surface area contributed by atoms with Crippen LogP contribution in [0.15, 0.2) is 53.3 Å². The fourth-order valence-corrected chi connectivity index (χ4v) is 3.14. The molecule has 0 spiro atoms. The molecule has 2 aromatic carbocycles. The summed E-state index contributed by atoms with van der Waals surface area (Å²) in [6, 6.07) is 10.5. The minimum Gasteiger partial charge on any atom is -0.507 e. The highest BCUT2D eigenvalue weighted by molar-refractivity contribution is 6.31. The summed E-state index contributed by atoms with van der Waals surface area (Å²) in [4.78, 5) is 15.4. The lowest BCUT2D eigenvalue weighted by atomic mass is 10.0. The minimum absolute atomic E-state index is 0.0120. The zero-order chi connectivity index (χ0) is 19.4. The number of carbonyl (C=O) groups excluding carboxylic acids is 1. The van der Waals surface area contributed by atoms with Crippen molar-refractivity contribution in [3.8, 4) is 5.75 Å². The molecule has 0 fully saturated rings. The third kappa shape index (κ3) is 4.41. The summed E-state index contributed by atoms with van der Waals surface area (Å²) in [5.74, 6) is 1.08. The Kier molecular flexibility index (Phi) is 5.66. The molecule has 1 unspecified atom stereocenters. The van der Waals surface area contributed by atoms with Crippen molar-refractivity contribution >= 4 is 23.8 Å². The molecule has 27 heavy (non-hydrogen) atoms. The van der Waals surface area contributed by atoms with Gasteiger partial charge in [0.05, 0.1) is 5.56 Å². The number of phenolic OH excluding ortho intramolecular Hbond substituents is 1. The molecule has 3 rings (SSSR count). The number of halogens is 1. The van der Waals surface area contributed by atoms with E-state index in [1.54, 1.807) is 12.1 Å². The number of hydrogen-bond acceptors (Lipinski definition) is 6. The van der Waals surface area contributed by atoms with Crippen LogP contribution in [-0.2, 0) is 6.42 Å². The molecule has 140 valence electrons. The molecule has 5 N–H and O–H groups in total. The standard InChI is InChI=1S/C20H21ClN4O2/c1-12-15(3-2-4-16(12)21)17-10-19(25-20(22)24-17)23-8-7-13-5-6-18(27)14(9-13)11-26/h2-6,9-11,17,23,27H,7-8H2,1H3,(H3,22,24,25). The van der Waals surface area contributed by atoms with Gasteiger partial charge >= 0.3 is 0 Å². The van der Waals surface area contributed by atoms with E-state index < -0.39 is 0 Å². The quantitative estimate of drug-likeness (QED) is 0.574. The molecular formula is C20H21ClN4O2. The van der Waals surface area contributed by atoms with Crippen LogP contribution < -0.4 is 16.4 Å². The van der Waals surface area contributed by atoms with E-state index in [1.165, 1.54) is 6.07 Å². The first-order chi connectivity index (χ1) is 13.0. The maximum absolute atomic E-state index is 10.9. The Balaban J connectivity index is 1.69. The third-order valence-corrected chi connectivity index (χ3v) is 4.85. The molecule has 2 aromatic rings. The Bertz CT molecular complexity index is 924. The number of nitrogens with zero attached hydrogens (tertiary/aromatic N) is 1. The zero-order valence-corrected chi connectivity index (χ0v) is 15.6. The SMILES string of the molecule is Cc1c(Cl)cccc1C1C=C(NCCc2ccc(O)c(C=O)c2)NC(N)=N1. The van der Waals surface area contributed by atoms with Crippen molar-refractivity contribution in [2.45, 2.75) is 19.4 Å². The second-order valence-electron chi connectivity index (χ2n) is 6.31. The van der Waals surface area contributed by atoms with E-state index in [0.717, 1.165) is 22.5 Å². The molecule has 6 nitrogen and oxygen atoms in total. The molecule has 7 heteroatoms. The van der Waals surface area contributed by atoms with E-state index in [0.29, 0.717) is 30.2 Å². The molecule has 0 radical (unpaired) electrons. The molecule has 0 amide bonds. The largest absolute Gasteiger partial charge is 0.507 e. The lowest BCUT2D eigenvalue weighted by molar-refractivity contribution is 0.112. The Morgan fingerprint density at radius 2 is 2.19 bits per heavy atom. The average Bonchev–Trinajstić information content (AvgIpc) is 2.65. The first-order valence-corrected chi connectivity index (χ1v) is 8.94. The minimum atomic E-state index is -0.220. The van der Waals surface area contributed by atoms with Gasteiger partial charge in [-0.05, 0) is 54.3 Å². The molecule has 1 atom stereocenters. The maximum atomic E-state index is 10.9. The summed E-state index contributed by atoms with van der Waals surface area (Å²) in [5, 5.41) is 16.6. The van der Waals surface area contributed by atoms with Gasteiger partial charge in [0.25, 0.3) is 0 Å². The number of aliphatic imine (C=N–C) groups is 1. The maximum Gasteiger partial charge on any atom is 0.195 e. The van der Waals surface area contributed by atoms with E-state index in [2.05, 4.69) is 15.6 Å². The smallest absolute Gasteiger partial charge is 0.195 e. The second kappa shape index (κ2) is 8.14. The highest BCUT2D eigenvalue weighted by Gasteiger charge is 2.18. The second-order valence-corrected chi connectivity index (χ2v) is 6.71. The van der Waals surface area contributed by atoms with Gasteiger partial charge in [0.15, 0.2) is 12.2 Å². The van der Waals surface area contributed by atoms with Crippen LogP contribution in [0.2, 0.25) is 5.02 Å². The topological polar surface area (TPSA) is 99.7 Å². The van der Waals surface area contributed by atoms with Crippen LogP contribution in [0.1, 0.15) is 33.1 Å². The van der Waals surface area contributed by atoms with E-state index >= 15 is 0 Å². The van der Waals surface area contributed by atoms with Crippen LogP contribution >= 0.6 is 11.6 Å². The van der Waals surface area contributed by atoms with E-state index in [9.17, 15) is 9.90 Å². The monoisotopic (exact) mass is 384 g/mol. The number of aldehydes is 1.